The van der Waals surface area contributed by atoms with Crippen molar-refractivity contribution in [3.63, 3.8) is 0 Å². The van der Waals surface area contributed by atoms with Crippen LogP contribution in [0.5, 0.6) is 0 Å². The summed E-state index contributed by atoms with van der Waals surface area (Å²) in [6.45, 7) is 8.47. The Kier molecular flexibility index (Phi) is 4.21. The summed E-state index contributed by atoms with van der Waals surface area (Å²) < 4.78 is 13.2. The number of allylic oxidation sites excluding steroid dienone is 1. The Labute approximate surface area is 176 Å². The van der Waals surface area contributed by atoms with Crippen LogP contribution in [-0.2, 0) is 9.47 Å². The van der Waals surface area contributed by atoms with Gasteiger partial charge in [-0.25, -0.2) is 0 Å². The fourth-order valence-corrected chi connectivity index (χ4v) is 9.56. The Morgan fingerprint density at radius 2 is 1.93 bits per heavy atom. The van der Waals surface area contributed by atoms with E-state index in [1.807, 2.05) is 0 Å². The number of aliphatic hydroxyl groups excluding tert-OH is 1. The summed E-state index contributed by atoms with van der Waals surface area (Å²) >= 11 is 0. The molecular weight excluding hydrogens is 360 g/mol. The highest BCUT2D eigenvalue weighted by molar-refractivity contribution is 5.26. The van der Waals surface area contributed by atoms with E-state index in [-0.39, 0.29) is 11.9 Å². The molecule has 0 bridgehead atoms. The van der Waals surface area contributed by atoms with E-state index in [9.17, 15) is 5.11 Å². The molecule has 3 heteroatoms. The minimum atomic E-state index is -0.274. The van der Waals surface area contributed by atoms with E-state index in [1.165, 1.54) is 44.9 Å². The number of hydrogen-bond donors (Lipinski definition) is 1. The van der Waals surface area contributed by atoms with Crippen LogP contribution in [0.2, 0.25) is 0 Å². The lowest BCUT2D eigenvalue weighted by Crippen LogP contribution is -2.52. The Bertz CT molecular complexity index is 709. The van der Waals surface area contributed by atoms with Crippen molar-refractivity contribution in [3.05, 3.63) is 11.6 Å². The Morgan fingerprint density at radius 3 is 2.72 bits per heavy atom. The van der Waals surface area contributed by atoms with Crippen molar-refractivity contribution in [1.82, 2.24) is 0 Å². The second kappa shape index (κ2) is 6.33. The van der Waals surface area contributed by atoms with Gasteiger partial charge in [0.2, 0.25) is 0 Å². The van der Waals surface area contributed by atoms with Gasteiger partial charge in [-0.05, 0) is 92.3 Å². The van der Waals surface area contributed by atoms with Crippen LogP contribution >= 0.6 is 0 Å². The van der Waals surface area contributed by atoms with Crippen LogP contribution in [0.1, 0.15) is 85.0 Å². The SMILES string of the molecule is C[C@H]1[C@H]2[C@H](CC3C4CC=C5C[C@@H](O)CC[C@]5(C)C4CC[C@@]32C)O[C@]12CCCCO2. The van der Waals surface area contributed by atoms with E-state index in [0.717, 1.165) is 43.6 Å². The van der Waals surface area contributed by atoms with Crippen molar-refractivity contribution >= 4 is 0 Å². The molecule has 6 aliphatic rings. The third-order valence-corrected chi connectivity index (χ3v) is 11.0. The van der Waals surface area contributed by atoms with Gasteiger partial charge in [0.25, 0.3) is 0 Å². The quantitative estimate of drug-likeness (QED) is 0.548. The van der Waals surface area contributed by atoms with Crippen LogP contribution in [0.4, 0.5) is 0 Å². The number of hydrogen-bond acceptors (Lipinski definition) is 3. The summed E-state index contributed by atoms with van der Waals surface area (Å²) in [5.41, 5.74) is 2.32. The van der Waals surface area contributed by atoms with E-state index < -0.39 is 0 Å². The number of rotatable bonds is 0. The zero-order valence-electron chi connectivity index (χ0n) is 18.7. The van der Waals surface area contributed by atoms with Gasteiger partial charge < -0.3 is 14.6 Å². The van der Waals surface area contributed by atoms with Crippen LogP contribution in [0.25, 0.3) is 0 Å². The number of ether oxygens (including phenoxy) is 2. The third-order valence-electron chi connectivity index (χ3n) is 11.0. The molecule has 10 atom stereocenters. The van der Waals surface area contributed by atoms with Gasteiger partial charge in [0.15, 0.2) is 5.79 Å². The first-order valence-electron chi connectivity index (χ1n) is 12.6. The average molecular weight is 401 g/mol. The van der Waals surface area contributed by atoms with Crippen LogP contribution < -0.4 is 0 Å². The maximum atomic E-state index is 10.2. The molecular formula is C26H40O3. The summed E-state index contributed by atoms with van der Waals surface area (Å²) in [6.07, 6.45) is 14.7. The topological polar surface area (TPSA) is 38.7 Å². The highest BCUT2D eigenvalue weighted by Gasteiger charge is 2.68. The van der Waals surface area contributed by atoms with Crippen molar-refractivity contribution in [2.75, 3.05) is 6.61 Å². The van der Waals surface area contributed by atoms with Crippen LogP contribution in [0, 0.1) is 40.4 Å². The van der Waals surface area contributed by atoms with E-state index in [2.05, 4.69) is 26.8 Å². The van der Waals surface area contributed by atoms with Gasteiger partial charge in [0.05, 0.1) is 18.8 Å². The molecule has 3 unspecified atom stereocenters. The molecule has 6 rings (SSSR count). The zero-order valence-corrected chi connectivity index (χ0v) is 18.7. The minimum Gasteiger partial charge on any atom is -0.393 e. The first-order chi connectivity index (χ1) is 13.9. The van der Waals surface area contributed by atoms with Crippen molar-refractivity contribution < 1.29 is 14.6 Å². The first-order valence-corrected chi connectivity index (χ1v) is 12.6. The first kappa shape index (κ1) is 19.3. The molecule has 162 valence electrons. The molecule has 3 saturated carbocycles. The van der Waals surface area contributed by atoms with E-state index in [4.69, 9.17) is 9.47 Å². The fourth-order valence-electron chi connectivity index (χ4n) is 9.56. The van der Waals surface area contributed by atoms with Gasteiger partial charge in [-0.3, -0.25) is 0 Å². The van der Waals surface area contributed by atoms with Gasteiger partial charge in [0, 0.05) is 12.3 Å². The van der Waals surface area contributed by atoms with E-state index in [1.54, 1.807) is 5.57 Å². The predicted molar refractivity (Wildman–Crippen MR) is 113 cm³/mol. The predicted octanol–water partition coefficient (Wildman–Crippen LogP) is 5.47. The monoisotopic (exact) mass is 400 g/mol. The van der Waals surface area contributed by atoms with E-state index in [0.29, 0.717) is 28.8 Å². The molecule has 0 radical (unpaired) electrons. The van der Waals surface area contributed by atoms with Gasteiger partial charge in [-0.2, -0.15) is 0 Å². The number of aliphatic hydroxyl groups is 1. The second-order valence-corrected chi connectivity index (χ2v) is 12.0. The van der Waals surface area contributed by atoms with Gasteiger partial charge in [-0.1, -0.05) is 32.4 Å². The summed E-state index contributed by atoms with van der Waals surface area (Å²) in [6, 6.07) is 0. The van der Waals surface area contributed by atoms with Gasteiger partial charge in [-0.15, -0.1) is 0 Å². The third kappa shape index (κ3) is 2.47. The molecule has 29 heavy (non-hydrogen) atoms. The maximum absolute atomic E-state index is 10.2. The Morgan fingerprint density at radius 1 is 1.07 bits per heavy atom. The van der Waals surface area contributed by atoms with Crippen molar-refractivity contribution in [3.8, 4) is 0 Å². The molecule has 2 aliphatic heterocycles. The molecule has 0 aromatic rings. The Hall–Kier alpha value is -0.380. The molecule has 1 spiro atoms. The van der Waals surface area contributed by atoms with Gasteiger partial charge in [0.1, 0.15) is 0 Å². The summed E-state index contributed by atoms with van der Waals surface area (Å²) in [7, 11) is 0. The summed E-state index contributed by atoms with van der Waals surface area (Å²) in [4.78, 5) is 0. The van der Waals surface area contributed by atoms with Crippen LogP contribution in [0.3, 0.4) is 0 Å². The molecule has 5 fully saturated rings. The molecule has 0 aromatic heterocycles. The summed E-state index contributed by atoms with van der Waals surface area (Å²) in [5, 5.41) is 10.2. The second-order valence-electron chi connectivity index (χ2n) is 12.0. The van der Waals surface area contributed by atoms with Crippen molar-refractivity contribution in [2.24, 2.45) is 40.4 Å². The fraction of sp³-hybridized carbons (Fsp3) is 0.923. The standard InChI is InChI=1S/C26H40O3/c1-16-23-22(29-26(16)10-4-5-13-28-26)15-21-19-7-6-17-14-18(27)8-11-24(17,2)20(19)9-12-25(21,23)3/h6,16,18-23,27H,4-5,7-15H2,1-3H3/t16-,18-,19?,20?,21?,22-,23-,24-,25-,26+/m0/s1. The highest BCUT2D eigenvalue weighted by Crippen LogP contribution is 2.70. The molecule has 4 aliphatic carbocycles. The lowest BCUT2D eigenvalue weighted by molar-refractivity contribution is -0.264. The summed E-state index contributed by atoms with van der Waals surface area (Å²) in [5.74, 6) is 3.32. The molecule has 0 aromatic carbocycles. The van der Waals surface area contributed by atoms with Crippen molar-refractivity contribution in [1.29, 1.82) is 0 Å². The number of fused-ring (bicyclic) bond motifs is 7. The molecule has 3 nitrogen and oxygen atoms in total. The normalized spacial score (nSPS) is 58.9. The smallest absolute Gasteiger partial charge is 0.171 e. The lowest BCUT2D eigenvalue weighted by Gasteiger charge is -2.58. The molecule has 0 amide bonds. The molecule has 2 heterocycles. The van der Waals surface area contributed by atoms with Crippen molar-refractivity contribution in [2.45, 2.75) is 103 Å². The Balaban J connectivity index is 1.30. The molecule has 1 N–H and O–H groups in total. The zero-order chi connectivity index (χ0) is 20.0. The van der Waals surface area contributed by atoms with Crippen LogP contribution in [-0.4, -0.2) is 29.7 Å². The van der Waals surface area contributed by atoms with Crippen LogP contribution in [0.15, 0.2) is 11.6 Å². The highest BCUT2D eigenvalue weighted by atomic mass is 16.7. The minimum absolute atomic E-state index is 0.105. The lowest BCUT2D eigenvalue weighted by atomic mass is 9.47. The largest absolute Gasteiger partial charge is 0.393 e. The van der Waals surface area contributed by atoms with Gasteiger partial charge >= 0.3 is 0 Å². The average Bonchev–Trinajstić information content (AvgIpc) is 3.14. The maximum Gasteiger partial charge on any atom is 0.171 e. The van der Waals surface area contributed by atoms with E-state index >= 15 is 0 Å². The molecule has 2 saturated heterocycles.